The number of fused-ring (bicyclic) bond motifs is 1. The van der Waals surface area contributed by atoms with Gasteiger partial charge in [0.2, 0.25) is 5.91 Å². The smallest absolute Gasteiger partial charge is 0.329 e. The third-order valence-electron chi connectivity index (χ3n) is 4.22. The second-order valence-electron chi connectivity index (χ2n) is 5.92. The molecule has 3 aromatic rings. The highest BCUT2D eigenvalue weighted by Gasteiger charge is 2.21. The molecule has 0 aliphatic rings. The van der Waals surface area contributed by atoms with E-state index in [0.29, 0.717) is 28.1 Å². The number of hydrogen-bond donors (Lipinski definition) is 2. The van der Waals surface area contributed by atoms with E-state index >= 15 is 0 Å². The Morgan fingerprint density at radius 2 is 1.70 bits per heavy atom. The van der Waals surface area contributed by atoms with Crippen molar-refractivity contribution in [2.24, 2.45) is 0 Å². The summed E-state index contributed by atoms with van der Waals surface area (Å²) in [7, 11) is 2.99. The molecule has 1 aromatic heterocycles. The van der Waals surface area contributed by atoms with E-state index in [0.717, 1.165) is 4.57 Å². The maximum absolute atomic E-state index is 12.7. The summed E-state index contributed by atoms with van der Waals surface area (Å²) in [4.78, 5) is 40.3. The van der Waals surface area contributed by atoms with Gasteiger partial charge in [-0.25, -0.2) is 9.36 Å². The maximum atomic E-state index is 12.7. The molecule has 0 radical (unpaired) electrons. The van der Waals surface area contributed by atoms with Crippen LogP contribution in [0.25, 0.3) is 10.9 Å². The first-order chi connectivity index (χ1) is 12.9. The number of H-pyrrole nitrogens is 1. The summed E-state index contributed by atoms with van der Waals surface area (Å²) in [6.45, 7) is 1.48. The molecule has 0 aliphatic heterocycles. The molecule has 0 aliphatic carbocycles. The van der Waals surface area contributed by atoms with Gasteiger partial charge >= 0.3 is 5.69 Å². The second-order valence-corrected chi connectivity index (χ2v) is 5.92. The zero-order chi connectivity index (χ0) is 19.6. The molecule has 8 heteroatoms. The lowest BCUT2D eigenvalue weighted by Crippen LogP contribution is -2.41. The Hall–Kier alpha value is -3.55. The number of rotatable bonds is 5. The molecule has 0 saturated carbocycles. The van der Waals surface area contributed by atoms with Gasteiger partial charge in [-0.3, -0.25) is 9.59 Å². The van der Waals surface area contributed by atoms with Crippen LogP contribution in [0.3, 0.4) is 0 Å². The van der Waals surface area contributed by atoms with Crippen molar-refractivity contribution in [2.45, 2.75) is 13.0 Å². The average molecular weight is 369 g/mol. The van der Waals surface area contributed by atoms with Crippen LogP contribution in [0.1, 0.15) is 13.0 Å². The third kappa shape index (κ3) is 3.55. The fourth-order valence-corrected chi connectivity index (χ4v) is 2.77. The molecule has 2 aromatic carbocycles. The van der Waals surface area contributed by atoms with Crippen LogP contribution < -0.4 is 26.0 Å². The number of para-hydroxylation sites is 1. The van der Waals surface area contributed by atoms with Gasteiger partial charge < -0.3 is 19.8 Å². The Labute approximate surface area is 154 Å². The van der Waals surface area contributed by atoms with E-state index in [9.17, 15) is 14.4 Å². The summed E-state index contributed by atoms with van der Waals surface area (Å²) in [5.41, 5.74) is -0.327. The molecule has 1 atom stereocenters. The molecule has 0 fully saturated rings. The lowest BCUT2D eigenvalue weighted by Gasteiger charge is -2.16. The molecule has 140 valence electrons. The molecule has 27 heavy (non-hydrogen) atoms. The van der Waals surface area contributed by atoms with Gasteiger partial charge in [-0.05, 0) is 19.1 Å². The number of carbonyl (C=O) groups excluding carboxylic acids is 1. The molecule has 1 unspecified atom stereocenters. The van der Waals surface area contributed by atoms with Crippen molar-refractivity contribution in [1.29, 1.82) is 0 Å². The van der Waals surface area contributed by atoms with E-state index in [-0.39, 0.29) is 0 Å². The minimum atomic E-state index is -1.02. The lowest BCUT2D eigenvalue weighted by molar-refractivity contribution is -0.118. The molecule has 0 saturated heterocycles. The molecule has 8 nitrogen and oxygen atoms in total. The minimum absolute atomic E-state index is 0.333. The monoisotopic (exact) mass is 369 g/mol. The first-order valence-electron chi connectivity index (χ1n) is 8.22. The first kappa shape index (κ1) is 18.2. The van der Waals surface area contributed by atoms with Crippen molar-refractivity contribution in [3.8, 4) is 11.5 Å². The molecule has 1 amide bonds. The number of carbonyl (C=O) groups is 1. The Morgan fingerprint density at radius 3 is 2.33 bits per heavy atom. The predicted molar refractivity (Wildman–Crippen MR) is 102 cm³/mol. The van der Waals surface area contributed by atoms with E-state index < -0.39 is 23.2 Å². The highest BCUT2D eigenvalue weighted by molar-refractivity contribution is 5.94. The van der Waals surface area contributed by atoms with Crippen LogP contribution >= 0.6 is 0 Å². The molecule has 1 heterocycles. The van der Waals surface area contributed by atoms with Crippen LogP contribution in [0, 0.1) is 0 Å². The van der Waals surface area contributed by atoms with E-state index in [1.165, 1.54) is 21.1 Å². The SMILES string of the molecule is COc1cc(NC(=O)C(C)n2c(=O)[nH]c3ccccc3c2=O)cc(OC)c1. The Morgan fingerprint density at radius 1 is 1.07 bits per heavy atom. The fourth-order valence-electron chi connectivity index (χ4n) is 2.77. The van der Waals surface area contributed by atoms with E-state index in [4.69, 9.17) is 9.47 Å². The van der Waals surface area contributed by atoms with Crippen LogP contribution in [0.2, 0.25) is 0 Å². The number of benzene rings is 2. The molecule has 2 N–H and O–H groups in total. The van der Waals surface area contributed by atoms with Gasteiger partial charge in [0, 0.05) is 23.9 Å². The van der Waals surface area contributed by atoms with E-state index in [2.05, 4.69) is 10.3 Å². The Balaban J connectivity index is 1.96. The summed E-state index contributed by atoms with van der Waals surface area (Å²) in [5, 5.41) is 3.01. The van der Waals surface area contributed by atoms with Gasteiger partial charge in [0.05, 0.1) is 25.1 Å². The fraction of sp³-hybridized carbons (Fsp3) is 0.211. The minimum Gasteiger partial charge on any atom is -0.497 e. The second kappa shape index (κ2) is 7.36. The lowest BCUT2D eigenvalue weighted by atomic mass is 10.2. The van der Waals surface area contributed by atoms with Gasteiger partial charge in [-0.1, -0.05) is 12.1 Å². The van der Waals surface area contributed by atoms with Crippen molar-refractivity contribution < 1.29 is 14.3 Å². The van der Waals surface area contributed by atoms with Gasteiger partial charge in [-0.15, -0.1) is 0 Å². The summed E-state index contributed by atoms with van der Waals surface area (Å²) in [6, 6.07) is 10.5. The standard InChI is InChI=1S/C19H19N3O5/c1-11(17(23)20-12-8-13(26-2)10-14(9-12)27-3)22-18(24)15-6-4-5-7-16(15)21-19(22)25/h4-11H,1-3H3,(H,20,23)(H,21,25). The number of hydrogen-bond acceptors (Lipinski definition) is 5. The zero-order valence-electron chi connectivity index (χ0n) is 15.1. The Kier molecular flexibility index (Phi) is 4.98. The third-order valence-corrected chi connectivity index (χ3v) is 4.22. The number of ether oxygens (including phenoxy) is 2. The molecular weight excluding hydrogens is 350 g/mol. The number of aromatic nitrogens is 2. The van der Waals surface area contributed by atoms with Gasteiger partial charge in [0.15, 0.2) is 0 Å². The van der Waals surface area contributed by atoms with Crippen LogP contribution in [0.4, 0.5) is 5.69 Å². The van der Waals surface area contributed by atoms with Crippen molar-refractivity contribution >= 4 is 22.5 Å². The summed E-state index contributed by atoms with van der Waals surface area (Å²) >= 11 is 0. The van der Waals surface area contributed by atoms with Crippen LogP contribution in [0.15, 0.2) is 52.1 Å². The number of aromatic amines is 1. The van der Waals surface area contributed by atoms with Crippen molar-refractivity contribution in [3.05, 3.63) is 63.3 Å². The van der Waals surface area contributed by atoms with Gasteiger partial charge in [-0.2, -0.15) is 0 Å². The molecule has 0 bridgehead atoms. The predicted octanol–water partition coefficient (Wildman–Crippen LogP) is 1.91. The maximum Gasteiger partial charge on any atom is 0.329 e. The normalized spacial score (nSPS) is 11.8. The number of amides is 1. The molecule has 3 rings (SSSR count). The van der Waals surface area contributed by atoms with Crippen molar-refractivity contribution in [2.75, 3.05) is 19.5 Å². The number of methoxy groups -OCH3 is 2. The highest BCUT2D eigenvalue weighted by Crippen LogP contribution is 2.26. The number of nitrogens with one attached hydrogen (secondary N) is 2. The van der Waals surface area contributed by atoms with E-state index in [1.807, 2.05) is 0 Å². The van der Waals surface area contributed by atoms with E-state index in [1.54, 1.807) is 42.5 Å². The quantitative estimate of drug-likeness (QED) is 0.715. The van der Waals surface area contributed by atoms with Crippen LogP contribution in [0.5, 0.6) is 11.5 Å². The highest BCUT2D eigenvalue weighted by atomic mass is 16.5. The average Bonchev–Trinajstić information content (AvgIpc) is 2.67. The molecular formula is C19H19N3O5. The first-order valence-corrected chi connectivity index (χ1v) is 8.22. The van der Waals surface area contributed by atoms with Gasteiger partial charge in [0.25, 0.3) is 5.56 Å². The zero-order valence-corrected chi connectivity index (χ0v) is 15.1. The topological polar surface area (TPSA) is 102 Å². The van der Waals surface area contributed by atoms with Crippen molar-refractivity contribution in [3.63, 3.8) is 0 Å². The molecule has 0 spiro atoms. The Bertz CT molecular complexity index is 1090. The summed E-state index contributed by atoms with van der Waals surface area (Å²) < 4.78 is 11.2. The van der Waals surface area contributed by atoms with Crippen LogP contribution in [-0.2, 0) is 4.79 Å². The van der Waals surface area contributed by atoms with Crippen LogP contribution in [-0.4, -0.2) is 29.7 Å². The van der Waals surface area contributed by atoms with Crippen molar-refractivity contribution in [1.82, 2.24) is 9.55 Å². The number of nitrogens with zero attached hydrogens (tertiary/aromatic N) is 1. The summed E-state index contributed by atoms with van der Waals surface area (Å²) in [6.07, 6.45) is 0. The number of anilines is 1. The summed E-state index contributed by atoms with van der Waals surface area (Å²) in [5.74, 6) is 0.476. The largest absolute Gasteiger partial charge is 0.497 e. The van der Waals surface area contributed by atoms with Gasteiger partial charge in [0.1, 0.15) is 17.5 Å².